The molecule has 0 bridgehead atoms. The van der Waals surface area contributed by atoms with Crippen molar-refractivity contribution >= 4 is 28.2 Å². The fourth-order valence-electron chi connectivity index (χ4n) is 2.78. The summed E-state index contributed by atoms with van der Waals surface area (Å²) in [4.78, 5) is 16.9. The van der Waals surface area contributed by atoms with Crippen molar-refractivity contribution in [1.82, 2.24) is 10.3 Å². The molecule has 0 aliphatic carbocycles. The predicted octanol–water partition coefficient (Wildman–Crippen LogP) is 4.72. The number of fused-ring (bicyclic) bond motifs is 1. The molecule has 0 aliphatic heterocycles. The molecule has 0 fully saturated rings. The van der Waals surface area contributed by atoms with Gasteiger partial charge in [-0.25, -0.2) is 4.98 Å². The molecule has 0 saturated carbocycles. The third kappa shape index (κ3) is 3.19. The number of benzene rings is 2. The molecule has 1 amide bonds. The van der Waals surface area contributed by atoms with Gasteiger partial charge in [0.05, 0.1) is 5.01 Å². The van der Waals surface area contributed by atoms with Gasteiger partial charge in [-0.2, -0.15) is 0 Å². The van der Waals surface area contributed by atoms with Gasteiger partial charge in [0.1, 0.15) is 23.1 Å². The van der Waals surface area contributed by atoms with E-state index in [9.17, 15) is 4.79 Å². The number of amides is 1. The highest BCUT2D eigenvalue weighted by Crippen LogP contribution is 2.28. The maximum Gasteiger partial charge on any atom is 0.271 e. The van der Waals surface area contributed by atoms with Crippen molar-refractivity contribution in [1.29, 1.82) is 0 Å². The van der Waals surface area contributed by atoms with Crippen LogP contribution in [0.3, 0.4) is 0 Å². The molecule has 2 aromatic carbocycles. The quantitative estimate of drug-likeness (QED) is 0.581. The zero-order chi connectivity index (χ0) is 17.2. The van der Waals surface area contributed by atoms with Gasteiger partial charge in [-0.15, -0.1) is 11.3 Å². The van der Waals surface area contributed by atoms with Crippen LogP contribution in [0.4, 0.5) is 0 Å². The van der Waals surface area contributed by atoms with Crippen molar-refractivity contribution < 1.29 is 9.21 Å². The highest BCUT2D eigenvalue weighted by atomic mass is 32.1. The zero-order valence-corrected chi connectivity index (χ0v) is 14.4. The van der Waals surface area contributed by atoms with Crippen molar-refractivity contribution in [3.8, 4) is 0 Å². The minimum atomic E-state index is -0.372. The third-order valence-corrected chi connectivity index (χ3v) is 4.76. The third-order valence-electron chi connectivity index (χ3n) is 3.99. The van der Waals surface area contributed by atoms with Crippen LogP contribution in [0.5, 0.6) is 0 Å². The number of para-hydroxylation sites is 1. The molecule has 25 heavy (non-hydrogen) atoms. The topological polar surface area (TPSA) is 55.1 Å². The highest BCUT2D eigenvalue weighted by molar-refractivity contribution is 7.09. The number of furan rings is 1. The van der Waals surface area contributed by atoms with Crippen LogP contribution < -0.4 is 5.32 Å². The molecule has 0 radical (unpaired) electrons. The molecule has 1 N–H and O–H groups in total. The summed E-state index contributed by atoms with van der Waals surface area (Å²) in [7, 11) is 0. The van der Waals surface area contributed by atoms with Gasteiger partial charge in [0.2, 0.25) is 0 Å². The molecule has 5 heteroatoms. The predicted molar refractivity (Wildman–Crippen MR) is 98.8 cm³/mol. The molecule has 2 heterocycles. The van der Waals surface area contributed by atoms with Crippen molar-refractivity contribution in [2.45, 2.75) is 13.0 Å². The summed E-state index contributed by atoms with van der Waals surface area (Å²) in [5.41, 5.74) is 2.19. The summed E-state index contributed by atoms with van der Waals surface area (Å²) < 4.78 is 5.99. The summed E-state index contributed by atoms with van der Waals surface area (Å²) in [6, 6.07) is 19.2. The molecular weight excluding hydrogens is 332 g/mol. The number of aromatic nitrogens is 1. The molecule has 1 unspecified atom stereocenters. The first kappa shape index (κ1) is 15.6. The van der Waals surface area contributed by atoms with Crippen LogP contribution in [0.25, 0.3) is 11.0 Å². The number of aryl methyl sites for hydroxylation is 1. The number of thiazole rings is 1. The highest BCUT2D eigenvalue weighted by Gasteiger charge is 2.22. The van der Waals surface area contributed by atoms with Crippen LogP contribution in [-0.2, 0) is 0 Å². The Morgan fingerprint density at radius 3 is 2.60 bits per heavy atom. The van der Waals surface area contributed by atoms with Gasteiger partial charge in [0.25, 0.3) is 5.91 Å². The van der Waals surface area contributed by atoms with Crippen LogP contribution in [0.2, 0.25) is 0 Å². The van der Waals surface area contributed by atoms with Gasteiger partial charge in [-0.05, 0) is 24.6 Å². The maximum absolute atomic E-state index is 12.6. The largest absolute Gasteiger partial charge is 0.459 e. The van der Waals surface area contributed by atoms with E-state index in [1.165, 1.54) is 11.3 Å². The average Bonchev–Trinajstić information content (AvgIpc) is 3.26. The number of rotatable bonds is 4. The summed E-state index contributed by atoms with van der Waals surface area (Å²) in [5.74, 6) is 0.492. The van der Waals surface area contributed by atoms with E-state index in [4.69, 9.17) is 4.42 Å². The first-order valence-electron chi connectivity index (χ1n) is 7.97. The van der Waals surface area contributed by atoms with Crippen molar-refractivity contribution in [2.75, 3.05) is 0 Å². The van der Waals surface area contributed by atoms with Crippen LogP contribution in [0.1, 0.15) is 32.9 Å². The van der Waals surface area contributed by atoms with Gasteiger partial charge < -0.3 is 9.73 Å². The van der Waals surface area contributed by atoms with Crippen molar-refractivity contribution in [3.05, 3.63) is 88.1 Å². The van der Waals surface area contributed by atoms with Crippen LogP contribution >= 0.6 is 11.3 Å². The molecule has 4 aromatic rings. The molecule has 2 aromatic heterocycles. The Balaban J connectivity index is 1.72. The van der Waals surface area contributed by atoms with E-state index >= 15 is 0 Å². The first-order valence-corrected chi connectivity index (χ1v) is 8.85. The van der Waals surface area contributed by atoms with Gasteiger partial charge in [0.15, 0.2) is 0 Å². The number of hydrogen-bond acceptors (Lipinski definition) is 4. The van der Waals surface area contributed by atoms with E-state index in [-0.39, 0.29) is 11.9 Å². The SMILES string of the molecule is Cc1nc(C(=O)NC(c2ccccc2)c2cc3ccccc3o2)cs1. The second-order valence-electron chi connectivity index (χ2n) is 5.76. The smallest absolute Gasteiger partial charge is 0.271 e. The maximum atomic E-state index is 12.6. The van der Waals surface area contributed by atoms with Crippen molar-refractivity contribution in [2.24, 2.45) is 0 Å². The average molecular weight is 348 g/mol. The molecule has 0 aliphatic rings. The lowest BCUT2D eigenvalue weighted by Gasteiger charge is -2.16. The zero-order valence-electron chi connectivity index (χ0n) is 13.6. The standard InChI is InChI=1S/C20H16N2O2S/c1-13-21-16(12-25-13)20(23)22-19(14-7-3-2-4-8-14)18-11-15-9-5-6-10-17(15)24-18/h2-12,19H,1H3,(H,22,23). The Morgan fingerprint density at radius 1 is 1.12 bits per heavy atom. The van der Waals surface area contributed by atoms with E-state index in [1.807, 2.05) is 67.6 Å². The lowest BCUT2D eigenvalue weighted by Crippen LogP contribution is -2.29. The lowest BCUT2D eigenvalue weighted by atomic mass is 10.0. The van der Waals surface area contributed by atoms with E-state index in [1.54, 1.807) is 5.38 Å². The molecule has 1 atom stereocenters. The summed E-state index contributed by atoms with van der Waals surface area (Å²) >= 11 is 1.46. The molecule has 0 spiro atoms. The number of hydrogen-bond donors (Lipinski definition) is 1. The molecule has 0 saturated heterocycles. The van der Waals surface area contributed by atoms with Gasteiger partial charge in [0, 0.05) is 10.8 Å². The summed E-state index contributed by atoms with van der Waals surface area (Å²) in [6.45, 7) is 1.88. The van der Waals surface area contributed by atoms with Gasteiger partial charge in [-0.3, -0.25) is 4.79 Å². The van der Waals surface area contributed by atoms with E-state index in [0.29, 0.717) is 11.5 Å². The molecule has 4 rings (SSSR count). The second-order valence-corrected chi connectivity index (χ2v) is 6.82. The number of carbonyl (C=O) groups excluding carboxylic acids is 1. The van der Waals surface area contributed by atoms with Crippen molar-refractivity contribution in [3.63, 3.8) is 0 Å². The Morgan fingerprint density at radius 2 is 1.88 bits per heavy atom. The Kier molecular flexibility index (Phi) is 4.07. The fourth-order valence-corrected chi connectivity index (χ4v) is 3.37. The minimum absolute atomic E-state index is 0.210. The first-order chi connectivity index (χ1) is 12.2. The molecular formula is C20H16N2O2S. The van der Waals surface area contributed by atoms with Crippen LogP contribution in [0.15, 0.2) is 70.5 Å². The summed E-state index contributed by atoms with van der Waals surface area (Å²) in [5, 5.41) is 6.70. The number of nitrogens with zero attached hydrogens (tertiary/aromatic N) is 1. The Hall–Kier alpha value is -2.92. The molecule has 4 nitrogen and oxygen atoms in total. The monoisotopic (exact) mass is 348 g/mol. The lowest BCUT2D eigenvalue weighted by molar-refractivity contribution is 0.0935. The Labute approximate surface area is 149 Å². The van der Waals surface area contributed by atoms with Gasteiger partial charge >= 0.3 is 0 Å². The number of nitrogens with one attached hydrogen (secondary N) is 1. The van der Waals surface area contributed by atoms with E-state index < -0.39 is 0 Å². The normalized spacial score (nSPS) is 12.2. The Bertz CT molecular complexity index is 987. The van der Waals surface area contributed by atoms with E-state index in [0.717, 1.165) is 21.5 Å². The fraction of sp³-hybridized carbons (Fsp3) is 0.100. The van der Waals surface area contributed by atoms with Crippen LogP contribution in [0, 0.1) is 6.92 Å². The van der Waals surface area contributed by atoms with E-state index in [2.05, 4.69) is 10.3 Å². The minimum Gasteiger partial charge on any atom is -0.459 e. The summed E-state index contributed by atoms with van der Waals surface area (Å²) in [6.07, 6.45) is 0. The molecule has 124 valence electrons. The van der Waals surface area contributed by atoms with Crippen LogP contribution in [-0.4, -0.2) is 10.9 Å². The second kappa shape index (κ2) is 6.53. The number of carbonyl (C=O) groups is 1. The van der Waals surface area contributed by atoms with Gasteiger partial charge in [-0.1, -0.05) is 48.5 Å².